The molecule has 0 aliphatic rings. The van der Waals surface area contributed by atoms with E-state index in [1.54, 1.807) is 11.0 Å². The first-order valence-electron chi connectivity index (χ1n) is 9.30. The minimum atomic E-state index is -0.485. The SMILES string of the molecule is CCN(C(=O)c1ccc2c(=O)n(C)c(=O)n(C)c2n1)c1ccc2ccccc2c1. The van der Waals surface area contributed by atoms with E-state index in [4.69, 9.17) is 0 Å². The Morgan fingerprint density at radius 3 is 2.41 bits per heavy atom. The highest BCUT2D eigenvalue weighted by molar-refractivity contribution is 6.06. The zero-order valence-electron chi connectivity index (χ0n) is 16.4. The quantitative estimate of drug-likeness (QED) is 0.540. The van der Waals surface area contributed by atoms with Crippen molar-refractivity contribution in [3.05, 3.63) is 81.1 Å². The highest BCUT2D eigenvalue weighted by Gasteiger charge is 2.20. The molecule has 0 aliphatic heterocycles. The molecule has 0 aliphatic carbocycles. The molecule has 7 nitrogen and oxygen atoms in total. The second kappa shape index (κ2) is 7.01. The molecule has 0 N–H and O–H groups in total. The molecule has 4 rings (SSSR count). The minimum Gasteiger partial charge on any atom is -0.307 e. The number of aryl methyl sites for hydroxylation is 1. The van der Waals surface area contributed by atoms with Crippen LogP contribution in [0.15, 0.2) is 64.2 Å². The Balaban J connectivity index is 1.82. The van der Waals surface area contributed by atoms with Crippen LogP contribution in [0, 0.1) is 0 Å². The van der Waals surface area contributed by atoms with Crippen molar-refractivity contribution in [1.82, 2.24) is 14.1 Å². The van der Waals surface area contributed by atoms with Crippen molar-refractivity contribution in [3.8, 4) is 0 Å². The van der Waals surface area contributed by atoms with Crippen LogP contribution in [0.4, 0.5) is 5.69 Å². The maximum absolute atomic E-state index is 13.2. The molecule has 2 heterocycles. The van der Waals surface area contributed by atoms with Crippen LogP contribution in [-0.4, -0.2) is 26.6 Å². The maximum atomic E-state index is 13.2. The molecule has 0 radical (unpaired) electrons. The third kappa shape index (κ3) is 3.00. The van der Waals surface area contributed by atoms with E-state index in [0.29, 0.717) is 11.9 Å². The van der Waals surface area contributed by atoms with Crippen molar-refractivity contribution >= 4 is 33.4 Å². The molecule has 0 atom stereocenters. The number of aromatic nitrogens is 3. The van der Waals surface area contributed by atoms with E-state index in [1.807, 2.05) is 49.4 Å². The van der Waals surface area contributed by atoms with Gasteiger partial charge >= 0.3 is 5.69 Å². The largest absolute Gasteiger partial charge is 0.332 e. The number of fused-ring (bicyclic) bond motifs is 2. The Kier molecular flexibility index (Phi) is 4.50. The monoisotopic (exact) mass is 388 g/mol. The molecule has 2 aromatic heterocycles. The Labute approximate surface area is 166 Å². The average molecular weight is 388 g/mol. The van der Waals surface area contributed by atoms with Gasteiger partial charge in [0.1, 0.15) is 11.3 Å². The van der Waals surface area contributed by atoms with Crippen LogP contribution in [0.1, 0.15) is 17.4 Å². The van der Waals surface area contributed by atoms with Crippen molar-refractivity contribution < 1.29 is 4.79 Å². The molecule has 0 bridgehead atoms. The van der Waals surface area contributed by atoms with E-state index < -0.39 is 11.2 Å². The van der Waals surface area contributed by atoms with Gasteiger partial charge in [-0.3, -0.25) is 18.7 Å². The van der Waals surface area contributed by atoms with Gasteiger partial charge in [0.05, 0.1) is 5.39 Å². The summed E-state index contributed by atoms with van der Waals surface area (Å²) in [5, 5.41) is 2.42. The number of anilines is 1. The molecule has 7 heteroatoms. The predicted octanol–water partition coefficient (Wildman–Crippen LogP) is 2.45. The van der Waals surface area contributed by atoms with Gasteiger partial charge in [-0.1, -0.05) is 30.3 Å². The topological polar surface area (TPSA) is 77.2 Å². The number of amides is 1. The van der Waals surface area contributed by atoms with Gasteiger partial charge in [0, 0.05) is 26.3 Å². The number of benzene rings is 2. The lowest BCUT2D eigenvalue weighted by molar-refractivity contribution is 0.0984. The summed E-state index contributed by atoms with van der Waals surface area (Å²) in [6.07, 6.45) is 0. The Morgan fingerprint density at radius 1 is 0.966 bits per heavy atom. The summed E-state index contributed by atoms with van der Waals surface area (Å²) in [5.41, 5.74) is 0.211. The highest BCUT2D eigenvalue weighted by atomic mass is 16.2. The molecule has 0 saturated heterocycles. The van der Waals surface area contributed by atoms with Crippen LogP contribution in [0.25, 0.3) is 21.8 Å². The van der Waals surface area contributed by atoms with Crippen LogP contribution < -0.4 is 16.1 Å². The second-order valence-corrected chi connectivity index (χ2v) is 6.85. The molecule has 1 amide bonds. The fourth-order valence-electron chi connectivity index (χ4n) is 3.50. The minimum absolute atomic E-state index is 0.177. The molecule has 146 valence electrons. The number of hydrogen-bond donors (Lipinski definition) is 0. The zero-order valence-corrected chi connectivity index (χ0v) is 16.4. The van der Waals surface area contributed by atoms with E-state index >= 15 is 0 Å². The van der Waals surface area contributed by atoms with Gasteiger partial charge in [-0.15, -0.1) is 0 Å². The Morgan fingerprint density at radius 2 is 1.69 bits per heavy atom. The first kappa shape index (κ1) is 18.6. The number of hydrogen-bond acceptors (Lipinski definition) is 4. The highest BCUT2D eigenvalue weighted by Crippen LogP contribution is 2.23. The first-order chi connectivity index (χ1) is 13.9. The zero-order chi connectivity index (χ0) is 20.7. The van der Waals surface area contributed by atoms with Crippen molar-refractivity contribution in [3.63, 3.8) is 0 Å². The summed E-state index contributed by atoms with van der Waals surface area (Å²) in [7, 11) is 2.95. The van der Waals surface area contributed by atoms with Gasteiger partial charge in [0.25, 0.3) is 11.5 Å². The second-order valence-electron chi connectivity index (χ2n) is 6.85. The van der Waals surface area contributed by atoms with Crippen molar-refractivity contribution in [1.29, 1.82) is 0 Å². The summed E-state index contributed by atoms with van der Waals surface area (Å²) in [5.74, 6) is -0.294. The lowest BCUT2D eigenvalue weighted by Crippen LogP contribution is -2.38. The molecular formula is C22H20N4O3. The standard InChI is InChI=1S/C22H20N4O3/c1-4-26(16-10-9-14-7-5-6-8-15(14)13-16)21(28)18-12-11-17-19(23-18)24(2)22(29)25(3)20(17)27/h5-13H,4H2,1-3H3. The Bertz CT molecular complexity index is 1380. The van der Waals surface area contributed by atoms with Crippen LogP contribution >= 0.6 is 0 Å². The van der Waals surface area contributed by atoms with Crippen molar-refractivity contribution in [2.45, 2.75) is 6.92 Å². The molecule has 0 saturated carbocycles. The molecular weight excluding hydrogens is 368 g/mol. The van der Waals surface area contributed by atoms with Gasteiger partial charge in [0.15, 0.2) is 0 Å². The smallest absolute Gasteiger partial charge is 0.307 e. The molecule has 29 heavy (non-hydrogen) atoms. The van der Waals surface area contributed by atoms with E-state index in [2.05, 4.69) is 4.98 Å². The molecule has 4 aromatic rings. The fraction of sp³-hybridized carbons (Fsp3) is 0.182. The number of pyridine rings is 1. The summed E-state index contributed by atoms with van der Waals surface area (Å²) in [6, 6.07) is 16.8. The fourth-order valence-corrected chi connectivity index (χ4v) is 3.50. The summed E-state index contributed by atoms with van der Waals surface area (Å²) >= 11 is 0. The van der Waals surface area contributed by atoms with Gasteiger partial charge in [0.2, 0.25) is 0 Å². The lowest BCUT2D eigenvalue weighted by atomic mass is 10.1. The van der Waals surface area contributed by atoms with Gasteiger partial charge < -0.3 is 4.90 Å². The van der Waals surface area contributed by atoms with E-state index in [0.717, 1.165) is 21.0 Å². The van der Waals surface area contributed by atoms with Gasteiger partial charge in [-0.05, 0) is 42.0 Å². The summed E-state index contributed by atoms with van der Waals surface area (Å²) < 4.78 is 2.30. The van der Waals surface area contributed by atoms with E-state index in [1.165, 1.54) is 24.7 Å². The molecule has 0 spiro atoms. The van der Waals surface area contributed by atoms with Gasteiger partial charge in [-0.2, -0.15) is 0 Å². The summed E-state index contributed by atoms with van der Waals surface area (Å²) in [4.78, 5) is 43.7. The predicted molar refractivity (Wildman–Crippen MR) is 114 cm³/mol. The first-order valence-corrected chi connectivity index (χ1v) is 9.30. The molecule has 0 fully saturated rings. The third-order valence-electron chi connectivity index (χ3n) is 5.13. The number of nitrogens with zero attached hydrogens (tertiary/aromatic N) is 4. The normalized spacial score (nSPS) is 11.1. The number of carbonyl (C=O) groups is 1. The van der Waals surface area contributed by atoms with Crippen molar-refractivity contribution in [2.24, 2.45) is 14.1 Å². The number of rotatable bonds is 3. The van der Waals surface area contributed by atoms with Crippen LogP contribution in [0.2, 0.25) is 0 Å². The molecule has 0 unspecified atom stereocenters. The lowest BCUT2D eigenvalue weighted by Gasteiger charge is -2.21. The van der Waals surface area contributed by atoms with Gasteiger partial charge in [-0.25, -0.2) is 9.78 Å². The molecule has 2 aromatic carbocycles. The number of carbonyl (C=O) groups excluding carboxylic acids is 1. The Hall–Kier alpha value is -3.74. The van der Waals surface area contributed by atoms with Crippen LogP contribution in [-0.2, 0) is 14.1 Å². The van der Waals surface area contributed by atoms with E-state index in [-0.39, 0.29) is 17.2 Å². The summed E-state index contributed by atoms with van der Waals surface area (Å²) in [6.45, 7) is 2.34. The maximum Gasteiger partial charge on any atom is 0.332 e. The van der Waals surface area contributed by atoms with Crippen LogP contribution in [0.5, 0.6) is 0 Å². The average Bonchev–Trinajstić information content (AvgIpc) is 2.76. The third-order valence-corrected chi connectivity index (χ3v) is 5.13. The van der Waals surface area contributed by atoms with E-state index in [9.17, 15) is 14.4 Å². The van der Waals surface area contributed by atoms with Crippen molar-refractivity contribution in [2.75, 3.05) is 11.4 Å². The van der Waals surface area contributed by atoms with Crippen LogP contribution in [0.3, 0.4) is 0 Å².